The molecule has 5 rings (SSSR count). The Kier molecular flexibility index (Phi) is 6.45. The van der Waals surface area contributed by atoms with Gasteiger partial charge in [-0.15, -0.1) is 0 Å². The molecule has 3 aliphatic rings. The fraction of sp³-hybridized carbons (Fsp3) is 0.357. The van der Waals surface area contributed by atoms with E-state index in [-0.39, 0.29) is 35.6 Å². The third kappa shape index (κ3) is 4.45. The van der Waals surface area contributed by atoms with Crippen LogP contribution in [0.3, 0.4) is 0 Å². The smallest absolute Gasteiger partial charge is 0.321 e. The topological polar surface area (TPSA) is 114 Å². The van der Waals surface area contributed by atoms with Gasteiger partial charge in [0.2, 0.25) is 5.66 Å². The SMILES string of the molecule is CN1CC(O)=C(c2cccc(NC(=O)NC3(C4CCCCC4)N=Cc4ccccc4N(C)C3=O)c2)C1=O. The molecule has 9 heteroatoms. The zero-order valence-electron chi connectivity index (χ0n) is 21.0. The first-order valence-corrected chi connectivity index (χ1v) is 12.6. The Balaban J connectivity index is 1.44. The van der Waals surface area contributed by atoms with Crippen LogP contribution in [0.5, 0.6) is 0 Å². The molecule has 0 aromatic heterocycles. The summed E-state index contributed by atoms with van der Waals surface area (Å²) < 4.78 is 0. The van der Waals surface area contributed by atoms with Gasteiger partial charge in [-0.25, -0.2) is 4.79 Å². The number of aliphatic hydroxyl groups excluding tert-OH is 1. The highest BCUT2D eigenvalue weighted by Crippen LogP contribution is 2.38. The average molecular weight is 502 g/mol. The van der Waals surface area contributed by atoms with Gasteiger partial charge >= 0.3 is 6.03 Å². The van der Waals surface area contributed by atoms with Gasteiger partial charge < -0.3 is 25.5 Å². The Bertz CT molecular complexity index is 1310. The number of anilines is 2. The number of aliphatic imine (C=N–C) groups is 1. The minimum absolute atomic E-state index is 0.00801. The predicted molar refractivity (Wildman–Crippen MR) is 143 cm³/mol. The molecule has 1 atom stereocenters. The Labute approximate surface area is 215 Å². The normalized spacial score (nSPS) is 22.2. The second-order valence-electron chi connectivity index (χ2n) is 9.93. The number of carbonyl (C=O) groups is 3. The molecule has 0 bridgehead atoms. The average Bonchev–Trinajstić information content (AvgIpc) is 3.11. The second-order valence-corrected chi connectivity index (χ2v) is 9.93. The fourth-order valence-electron chi connectivity index (χ4n) is 5.55. The van der Waals surface area contributed by atoms with E-state index in [0.717, 1.165) is 43.4 Å². The number of hydrogen-bond acceptors (Lipinski definition) is 5. The van der Waals surface area contributed by atoms with Crippen molar-refractivity contribution in [2.45, 2.75) is 37.8 Å². The molecule has 9 nitrogen and oxygen atoms in total. The van der Waals surface area contributed by atoms with Gasteiger partial charge in [-0.05, 0) is 36.6 Å². The van der Waals surface area contributed by atoms with Gasteiger partial charge in [-0.1, -0.05) is 49.6 Å². The Morgan fingerprint density at radius 3 is 2.54 bits per heavy atom. The van der Waals surface area contributed by atoms with Crippen molar-refractivity contribution in [1.82, 2.24) is 10.2 Å². The van der Waals surface area contributed by atoms with E-state index in [9.17, 15) is 19.5 Å². The molecule has 2 aromatic rings. The number of carbonyl (C=O) groups excluding carboxylic acids is 3. The highest BCUT2D eigenvalue weighted by Gasteiger charge is 2.49. The first-order chi connectivity index (χ1) is 17.8. The molecule has 2 aliphatic heterocycles. The standard InChI is InChI=1S/C28H31N5O4/c1-32-17-23(34)24(25(32)35)18-10-8-13-21(15-18)30-27(37)31-28(20-11-4-3-5-12-20)26(36)33(2)22-14-7-6-9-19(22)16-29-28/h6-10,13-16,20,34H,3-5,11-12,17H2,1-2H3,(H2,30,31,37). The van der Waals surface area contributed by atoms with E-state index < -0.39 is 11.7 Å². The lowest BCUT2D eigenvalue weighted by Crippen LogP contribution is -2.63. The highest BCUT2D eigenvalue weighted by atomic mass is 16.3. The van der Waals surface area contributed by atoms with E-state index in [1.165, 1.54) is 4.90 Å². The van der Waals surface area contributed by atoms with E-state index in [0.29, 0.717) is 11.3 Å². The summed E-state index contributed by atoms with van der Waals surface area (Å²) in [5, 5.41) is 16.0. The van der Waals surface area contributed by atoms with Crippen LogP contribution < -0.4 is 15.5 Å². The van der Waals surface area contributed by atoms with Crippen LogP contribution in [-0.4, -0.2) is 60.4 Å². The number of benzene rings is 2. The zero-order valence-corrected chi connectivity index (χ0v) is 21.0. The molecule has 0 saturated heterocycles. The van der Waals surface area contributed by atoms with Gasteiger partial charge in [0.1, 0.15) is 5.76 Å². The maximum Gasteiger partial charge on any atom is 0.321 e. The number of likely N-dealkylation sites (N-methyl/N-ethyl adjacent to an activating group) is 2. The van der Waals surface area contributed by atoms with Gasteiger partial charge in [-0.3, -0.25) is 14.6 Å². The molecule has 3 N–H and O–H groups in total. The first kappa shape index (κ1) is 24.5. The molecule has 2 heterocycles. The molecule has 0 radical (unpaired) electrons. The molecule has 0 spiro atoms. The number of hydrogen-bond donors (Lipinski definition) is 3. The molecule has 1 unspecified atom stereocenters. The van der Waals surface area contributed by atoms with Gasteiger partial charge in [0.05, 0.1) is 17.8 Å². The number of para-hydroxylation sites is 1. The number of benzodiazepines with no additional fused rings is 1. The Morgan fingerprint density at radius 1 is 1.05 bits per heavy atom. The molecule has 1 aliphatic carbocycles. The maximum atomic E-state index is 13.9. The van der Waals surface area contributed by atoms with Crippen molar-refractivity contribution < 1.29 is 19.5 Å². The number of rotatable bonds is 4. The molecular formula is C28H31N5O4. The van der Waals surface area contributed by atoms with Crippen LogP contribution in [0.2, 0.25) is 0 Å². The number of fused-ring (bicyclic) bond motifs is 1. The van der Waals surface area contributed by atoms with Crippen LogP contribution in [0.25, 0.3) is 5.57 Å². The molecular weight excluding hydrogens is 470 g/mol. The maximum absolute atomic E-state index is 13.9. The molecule has 2 aromatic carbocycles. The van der Waals surface area contributed by atoms with Crippen LogP contribution in [0.1, 0.15) is 43.2 Å². The second kappa shape index (κ2) is 9.72. The van der Waals surface area contributed by atoms with Gasteiger partial charge in [0, 0.05) is 37.5 Å². The zero-order chi connectivity index (χ0) is 26.2. The summed E-state index contributed by atoms with van der Waals surface area (Å²) >= 11 is 0. The number of nitrogens with one attached hydrogen (secondary N) is 2. The van der Waals surface area contributed by atoms with Gasteiger partial charge in [0.15, 0.2) is 0 Å². The van der Waals surface area contributed by atoms with Crippen molar-refractivity contribution >= 4 is 41.0 Å². The summed E-state index contributed by atoms with van der Waals surface area (Å²) in [7, 11) is 3.33. The summed E-state index contributed by atoms with van der Waals surface area (Å²) in [5.41, 5.74) is 1.26. The van der Waals surface area contributed by atoms with Crippen LogP contribution in [0, 0.1) is 5.92 Å². The largest absolute Gasteiger partial charge is 0.510 e. The van der Waals surface area contributed by atoms with E-state index in [4.69, 9.17) is 4.99 Å². The number of aliphatic hydroxyl groups is 1. The van der Waals surface area contributed by atoms with Crippen molar-refractivity contribution in [3.63, 3.8) is 0 Å². The van der Waals surface area contributed by atoms with Crippen molar-refractivity contribution in [3.05, 3.63) is 65.4 Å². The van der Waals surface area contributed by atoms with Crippen molar-refractivity contribution in [2.75, 3.05) is 30.9 Å². The third-order valence-corrected chi connectivity index (χ3v) is 7.48. The summed E-state index contributed by atoms with van der Waals surface area (Å²) in [6.45, 7) is 0.145. The van der Waals surface area contributed by atoms with E-state index in [1.807, 2.05) is 24.3 Å². The van der Waals surface area contributed by atoms with Crippen LogP contribution >= 0.6 is 0 Å². The molecule has 4 amide bonds. The van der Waals surface area contributed by atoms with E-state index in [2.05, 4.69) is 10.6 Å². The first-order valence-electron chi connectivity index (χ1n) is 12.6. The minimum Gasteiger partial charge on any atom is -0.510 e. The monoisotopic (exact) mass is 501 g/mol. The van der Waals surface area contributed by atoms with Crippen LogP contribution in [0.15, 0.2) is 59.3 Å². The molecule has 192 valence electrons. The van der Waals surface area contributed by atoms with Gasteiger partial charge in [-0.2, -0.15) is 0 Å². The number of nitrogens with zero attached hydrogens (tertiary/aromatic N) is 3. The van der Waals surface area contributed by atoms with Crippen LogP contribution in [0.4, 0.5) is 16.2 Å². The van der Waals surface area contributed by atoms with Gasteiger partial charge in [0.25, 0.3) is 11.8 Å². The lowest BCUT2D eigenvalue weighted by atomic mass is 9.79. The van der Waals surface area contributed by atoms with E-state index in [1.54, 1.807) is 49.5 Å². The quantitative estimate of drug-likeness (QED) is 0.589. The summed E-state index contributed by atoms with van der Waals surface area (Å²) in [5.74, 6) is -0.713. The van der Waals surface area contributed by atoms with Crippen LogP contribution in [-0.2, 0) is 9.59 Å². The summed E-state index contributed by atoms with van der Waals surface area (Å²) in [4.78, 5) is 47.6. The lowest BCUT2D eigenvalue weighted by Gasteiger charge is -2.40. The third-order valence-electron chi connectivity index (χ3n) is 7.48. The molecule has 37 heavy (non-hydrogen) atoms. The van der Waals surface area contributed by atoms with Crippen molar-refractivity contribution in [2.24, 2.45) is 10.9 Å². The summed E-state index contributed by atoms with van der Waals surface area (Å²) in [6, 6.07) is 13.7. The molecule has 1 saturated carbocycles. The molecule has 1 fully saturated rings. The fourth-order valence-corrected chi connectivity index (χ4v) is 5.55. The number of amides is 4. The van der Waals surface area contributed by atoms with E-state index >= 15 is 0 Å². The Morgan fingerprint density at radius 2 is 1.81 bits per heavy atom. The van der Waals surface area contributed by atoms with Crippen molar-refractivity contribution in [1.29, 1.82) is 0 Å². The van der Waals surface area contributed by atoms with Crippen molar-refractivity contribution in [3.8, 4) is 0 Å². The highest BCUT2D eigenvalue weighted by molar-refractivity contribution is 6.22. The lowest BCUT2D eigenvalue weighted by molar-refractivity contribution is -0.126. The Hall–Kier alpha value is -4.14. The predicted octanol–water partition coefficient (Wildman–Crippen LogP) is 3.92. The minimum atomic E-state index is -1.44. The number of urea groups is 1. The summed E-state index contributed by atoms with van der Waals surface area (Å²) in [6.07, 6.45) is 6.29.